The molecule has 2 aliphatic carbocycles. The molecule has 0 spiro atoms. The zero-order valence-corrected chi connectivity index (χ0v) is 15.1. The molecular weight excluding hydrogens is 256 g/mol. The summed E-state index contributed by atoms with van der Waals surface area (Å²) >= 11 is 0. The summed E-state index contributed by atoms with van der Waals surface area (Å²) in [5, 5.41) is 0.319. The van der Waals surface area contributed by atoms with Crippen molar-refractivity contribution in [2.75, 3.05) is 0 Å². The van der Waals surface area contributed by atoms with Gasteiger partial charge in [0.15, 0.2) is 0 Å². The summed E-state index contributed by atoms with van der Waals surface area (Å²) in [6, 6.07) is 0. The maximum atomic E-state index is 2.60. The molecule has 110 valence electrons. The molecule has 0 bridgehead atoms. The van der Waals surface area contributed by atoms with Crippen LogP contribution in [-0.2, 0) is 0 Å². The monoisotopic (exact) mass is 286 g/mol. The Morgan fingerprint density at radius 1 is 1.15 bits per heavy atom. The standard InChI is InChI=1S/C19H30Si/c1-15-14-19(4,17(3)16(15)2)20(5,6)18-12-10-8-7-9-11-13-18/h7-8,10,12,14,18H,9,11,13H2,1-6H3/b8-7-,12-10-. The minimum absolute atomic E-state index is 0.319. The van der Waals surface area contributed by atoms with Crippen molar-refractivity contribution in [3.8, 4) is 0 Å². The van der Waals surface area contributed by atoms with E-state index in [2.05, 4.69) is 71.2 Å². The first-order valence-electron chi connectivity index (χ1n) is 8.02. The molecule has 0 aromatic carbocycles. The Balaban J connectivity index is 2.39. The first-order chi connectivity index (χ1) is 9.30. The van der Waals surface area contributed by atoms with Crippen molar-refractivity contribution < 1.29 is 0 Å². The average molecular weight is 287 g/mol. The predicted octanol–water partition coefficient (Wildman–Crippen LogP) is 6.42. The van der Waals surface area contributed by atoms with Crippen LogP contribution < -0.4 is 0 Å². The molecule has 2 aliphatic rings. The Morgan fingerprint density at radius 2 is 1.85 bits per heavy atom. The summed E-state index contributed by atoms with van der Waals surface area (Å²) < 4.78 is 0. The lowest BCUT2D eigenvalue weighted by molar-refractivity contribution is 0.710. The van der Waals surface area contributed by atoms with E-state index in [0.717, 1.165) is 5.54 Å². The summed E-state index contributed by atoms with van der Waals surface area (Å²) in [7, 11) is -1.45. The van der Waals surface area contributed by atoms with Crippen LogP contribution in [0.1, 0.15) is 47.0 Å². The molecule has 0 saturated carbocycles. The minimum Gasteiger partial charge on any atom is -0.0845 e. The van der Waals surface area contributed by atoms with Crippen molar-refractivity contribution in [3.63, 3.8) is 0 Å². The van der Waals surface area contributed by atoms with Gasteiger partial charge >= 0.3 is 0 Å². The first-order valence-corrected chi connectivity index (χ1v) is 11.1. The van der Waals surface area contributed by atoms with Gasteiger partial charge in [0, 0.05) is 5.04 Å². The number of hydrogen-bond donors (Lipinski definition) is 0. The molecule has 2 rings (SSSR count). The van der Waals surface area contributed by atoms with E-state index in [1.165, 1.54) is 30.4 Å². The largest absolute Gasteiger partial charge is 0.0845 e. The van der Waals surface area contributed by atoms with Crippen LogP contribution in [0, 0.1) is 0 Å². The van der Waals surface area contributed by atoms with Crippen molar-refractivity contribution in [1.29, 1.82) is 0 Å². The van der Waals surface area contributed by atoms with Gasteiger partial charge in [0.05, 0.1) is 8.07 Å². The van der Waals surface area contributed by atoms with Gasteiger partial charge in [0.2, 0.25) is 0 Å². The lowest BCUT2D eigenvalue weighted by Gasteiger charge is -2.45. The van der Waals surface area contributed by atoms with Crippen molar-refractivity contribution >= 4 is 8.07 Å². The van der Waals surface area contributed by atoms with Crippen LogP contribution in [0.4, 0.5) is 0 Å². The predicted molar refractivity (Wildman–Crippen MR) is 93.9 cm³/mol. The highest BCUT2D eigenvalue weighted by atomic mass is 28.3. The van der Waals surface area contributed by atoms with Crippen molar-refractivity contribution in [2.45, 2.75) is 70.6 Å². The van der Waals surface area contributed by atoms with Gasteiger partial charge in [-0.2, -0.15) is 0 Å². The Morgan fingerprint density at radius 3 is 2.45 bits per heavy atom. The van der Waals surface area contributed by atoms with Gasteiger partial charge < -0.3 is 0 Å². The molecule has 0 nitrogen and oxygen atoms in total. The highest BCUT2D eigenvalue weighted by Crippen LogP contribution is 2.57. The summed E-state index contributed by atoms with van der Waals surface area (Å²) in [5.74, 6) is 0. The number of hydrogen-bond acceptors (Lipinski definition) is 0. The van der Waals surface area contributed by atoms with Crippen molar-refractivity contribution in [1.82, 2.24) is 0 Å². The van der Waals surface area contributed by atoms with E-state index in [0.29, 0.717) is 5.04 Å². The molecule has 0 saturated heterocycles. The van der Waals surface area contributed by atoms with Gasteiger partial charge in [-0.25, -0.2) is 0 Å². The lowest BCUT2D eigenvalue weighted by Crippen LogP contribution is -2.44. The Labute approximate surface area is 126 Å². The van der Waals surface area contributed by atoms with Gasteiger partial charge in [-0.3, -0.25) is 0 Å². The second-order valence-electron chi connectivity index (χ2n) is 7.35. The number of rotatable bonds is 2. The third kappa shape index (κ3) is 2.41. The molecule has 1 heteroatoms. The molecule has 0 aromatic rings. The highest BCUT2D eigenvalue weighted by molar-refractivity contribution is 6.83. The Hall–Kier alpha value is -0.823. The topological polar surface area (TPSA) is 0 Å². The molecule has 0 N–H and O–H groups in total. The summed E-state index contributed by atoms with van der Waals surface area (Å²) in [5.41, 5.74) is 5.43. The molecule has 0 amide bonds. The van der Waals surface area contributed by atoms with Crippen LogP contribution >= 0.6 is 0 Å². The second kappa shape index (κ2) is 5.52. The smallest absolute Gasteiger partial charge is 0.0695 e. The molecule has 0 aliphatic heterocycles. The van der Waals surface area contributed by atoms with E-state index in [4.69, 9.17) is 0 Å². The van der Waals surface area contributed by atoms with Gasteiger partial charge in [0.25, 0.3) is 0 Å². The van der Waals surface area contributed by atoms with Crippen LogP contribution in [0.25, 0.3) is 0 Å². The Bertz CT molecular complexity index is 502. The molecule has 0 radical (unpaired) electrons. The summed E-state index contributed by atoms with van der Waals surface area (Å²) in [6.45, 7) is 14.6. The minimum atomic E-state index is -1.45. The molecule has 20 heavy (non-hydrogen) atoms. The fourth-order valence-corrected chi connectivity index (χ4v) is 7.95. The zero-order valence-electron chi connectivity index (χ0n) is 14.1. The van der Waals surface area contributed by atoms with Gasteiger partial charge in [-0.05, 0) is 51.1 Å². The van der Waals surface area contributed by atoms with E-state index < -0.39 is 8.07 Å². The van der Waals surface area contributed by atoms with Gasteiger partial charge in [-0.15, -0.1) is 0 Å². The summed E-state index contributed by atoms with van der Waals surface area (Å²) in [6.07, 6.45) is 15.8. The average Bonchev–Trinajstić information content (AvgIpc) is 2.54. The lowest BCUT2D eigenvalue weighted by atomic mass is 10.0. The third-order valence-corrected chi connectivity index (χ3v) is 11.7. The van der Waals surface area contributed by atoms with Crippen LogP contribution in [0.2, 0.25) is 23.7 Å². The van der Waals surface area contributed by atoms with Gasteiger partial charge in [0.1, 0.15) is 0 Å². The highest BCUT2D eigenvalue weighted by Gasteiger charge is 2.48. The van der Waals surface area contributed by atoms with Crippen LogP contribution in [0.3, 0.4) is 0 Å². The fraction of sp³-hybridized carbons (Fsp3) is 0.579. The summed E-state index contributed by atoms with van der Waals surface area (Å²) in [4.78, 5) is 0. The molecule has 0 fully saturated rings. The molecule has 0 aromatic heterocycles. The molecule has 2 unspecified atom stereocenters. The van der Waals surface area contributed by atoms with E-state index in [-0.39, 0.29) is 0 Å². The quantitative estimate of drug-likeness (QED) is 0.514. The second-order valence-corrected chi connectivity index (χ2v) is 12.6. The van der Waals surface area contributed by atoms with E-state index in [1.807, 2.05) is 0 Å². The van der Waals surface area contributed by atoms with E-state index in [1.54, 1.807) is 5.57 Å². The maximum absolute atomic E-state index is 2.60. The Kier molecular flexibility index (Phi) is 4.29. The molecular formula is C19H30Si. The SMILES string of the molecule is CC1=CC(C)([Si](C)(C)C2/C=C\C=C/CCC2)C(C)=C1C. The van der Waals surface area contributed by atoms with Crippen molar-refractivity contribution in [2.24, 2.45) is 0 Å². The zero-order chi connectivity index (χ0) is 15.0. The van der Waals surface area contributed by atoms with Gasteiger partial charge in [-0.1, -0.05) is 61.5 Å². The van der Waals surface area contributed by atoms with Crippen molar-refractivity contribution in [3.05, 3.63) is 47.1 Å². The van der Waals surface area contributed by atoms with E-state index >= 15 is 0 Å². The third-order valence-electron chi connectivity index (χ3n) is 6.18. The maximum Gasteiger partial charge on any atom is 0.0695 e. The normalized spacial score (nSPS) is 34.5. The van der Waals surface area contributed by atoms with Crippen LogP contribution in [0.5, 0.6) is 0 Å². The van der Waals surface area contributed by atoms with Crippen LogP contribution in [0.15, 0.2) is 47.1 Å². The molecule has 2 atom stereocenters. The fourth-order valence-electron chi connectivity index (χ4n) is 3.92. The first kappa shape index (κ1) is 15.6. The molecule has 0 heterocycles. The van der Waals surface area contributed by atoms with Crippen LogP contribution in [-0.4, -0.2) is 8.07 Å². The number of allylic oxidation sites excluding steroid dienone is 8. The van der Waals surface area contributed by atoms with E-state index in [9.17, 15) is 0 Å².